The van der Waals surface area contributed by atoms with Crippen LogP contribution < -0.4 is 21.3 Å². The number of benzene rings is 2. The maximum absolute atomic E-state index is 13.6. The summed E-state index contributed by atoms with van der Waals surface area (Å²) < 4.78 is 13.6. The van der Waals surface area contributed by atoms with Gasteiger partial charge >= 0.3 is 6.03 Å². The molecule has 0 spiro atoms. The van der Waals surface area contributed by atoms with E-state index in [0.29, 0.717) is 19.0 Å². The number of nitrogens with one attached hydrogen (secondary N) is 4. The molecule has 0 aromatic heterocycles. The first-order valence-electron chi connectivity index (χ1n) is 10.4. The Morgan fingerprint density at radius 1 is 1.10 bits per heavy atom. The number of anilines is 1. The van der Waals surface area contributed by atoms with Gasteiger partial charge in [0.05, 0.1) is 6.54 Å². The molecule has 8 heteroatoms. The Balaban J connectivity index is 1.97. The van der Waals surface area contributed by atoms with E-state index < -0.39 is 0 Å². The molecule has 31 heavy (non-hydrogen) atoms. The van der Waals surface area contributed by atoms with Crippen LogP contribution in [-0.2, 0) is 18.8 Å². The molecule has 6 nitrogen and oxygen atoms in total. The fraction of sp³-hybridized carbons (Fsp3) is 0.391. The van der Waals surface area contributed by atoms with Gasteiger partial charge in [-0.3, -0.25) is 0 Å². The van der Waals surface area contributed by atoms with Gasteiger partial charge in [0, 0.05) is 30.6 Å². The Morgan fingerprint density at radius 3 is 2.48 bits per heavy atom. The van der Waals surface area contributed by atoms with E-state index >= 15 is 0 Å². The average Bonchev–Trinajstić information content (AvgIpc) is 2.72. The number of thioether (sulfide) groups is 1. The van der Waals surface area contributed by atoms with Gasteiger partial charge in [0.2, 0.25) is 0 Å². The van der Waals surface area contributed by atoms with Crippen molar-refractivity contribution in [1.82, 2.24) is 16.0 Å². The lowest BCUT2D eigenvalue weighted by Gasteiger charge is -2.14. The van der Waals surface area contributed by atoms with Crippen LogP contribution in [0.1, 0.15) is 37.5 Å². The summed E-state index contributed by atoms with van der Waals surface area (Å²) in [4.78, 5) is 16.4. The molecule has 0 aliphatic heterocycles. The molecule has 0 atom stereocenters. The first-order valence-corrected chi connectivity index (χ1v) is 11.8. The first-order chi connectivity index (χ1) is 14.9. The molecule has 0 fully saturated rings. The van der Waals surface area contributed by atoms with E-state index in [9.17, 15) is 9.18 Å². The van der Waals surface area contributed by atoms with Crippen molar-refractivity contribution in [3.8, 4) is 0 Å². The summed E-state index contributed by atoms with van der Waals surface area (Å²) in [7, 11) is 0. The van der Waals surface area contributed by atoms with Crippen molar-refractivity contribution >= 4 is 29.4 Å². The number of guanidine groups is 1. The highest BCUT2D eigenvalue weighted by atomic mass is 32.2. The number of urea groups is 1. The van der Waals surface area contributed by atoms with Gasteiger partial charge in [0.25, 0.3) is 0 Å². The molecule has 0 unspecified atom stereocenters. The lowest BCUT2D eigenvalue weighted by molar-refractivity contribution is 0.250. The standard InChI is InChI=1S/C23H32FN5OS/c1-5-25-22(27-14-18-8-9-20(24)12-19(18)15-31-4)26-13-17-6-10-21(11-7-17)29-23(30)28-16(2)3/h6-12,16H,5,13-15H2,1-4H3,(H2,25,26,27)(H2,28,29,30). The van der Waals surface area contributed by atoms with Crippen LogP contribution in [0.2, 0.25) is 0 Å². The van der Waals surface area contributed by atoms with E-state index in [1.807, 2.05) is 57.4 Å². The SMILES string of the molecule is CCNC(=NCc1ccc(NC(=O)NC(C)C)cc1)NCc1ccc(F)cc1CSC. The maximum Gasteiger partial charge on any atom is 0.319 e. The number of carbonyl (C=O) groups is 1. The molecule has 0 aliphatic rings. The lowest BCUT2D eigenvalue weighted by Crippen LogP contribution is -2.37. The number of rotatable bonds is 9. The number of aliphatic imine (C=N–C) groups is 1. The van der Waals surface area contributed by atoms with Gasteiger partial charge in [0.15, 0.2) is 5.96 Å². The van der Waals surface area contributed by atoms with E-state index in [-0.39, 0.29) is 17.9 Å². The van der Waals surface area contributed by atoms with Crippen LogP contribution in [0.25, 0.3) is 0 Å². The number of hydrogen-bond acceptors (Lipinski definition) is 3. The summed E-state index contributed by atoms with van der Waals surface area (Å²) >= 11 is 1.67. The number of nitrogens with zero attached hydrogens (tertiary/aromatic N) is 1. The molecule has 0 bridgehead atoms. The minimum atomic E-state index is -0.221. The highest BCUT2D eigenvalue weighted by Gasteiger charge is 2.06. The van der Waals surface area contributed by atoms with E-state index in [2.05, 4.69) is 26.3 Å². The van der Waals surface area contributed by atoms with E-state index in [1.54, 1.807) is 17.8 Å². The van der Waals surface area contributed by atoms with E-state index in [0.717, 1.165) is 34.7 Å². The Morgan fingerprint density at radius 2 is 1.84 bits per heavy atom. The van der Waals surface area contributed by atoms with Gasteiger partial charge in [-0.15, -0.1) is 0 Å². The highest BCUT2D eigenvalue weighted by molar-refractivity contribution is 7.97. The summed E-state index contributed by atoms with van der Waals surface area (Å²) in [6.45, 7) is 7.63. The minimum Gasteiger partial charge on any atom is -0.357 e. The zero-order valence-electron chi connectivity index (χ0n) is 18.6. The second-order valence-electron chi connectivity index (χ2n) is 7.34. The van der Waals surface area contributed by atoms with Gasteiger partial charge in [-0.25, -0.2) is 14.2 Å². The van der Waals surface area contributed by atoms with Crippen LogP contribution in [0.3, 0.4) is 0 Å². The average molecular weight is 446 g/mol. The molecular weight excluding hydrogens is 413 g/mol. The van der Waals surface area contributed by atoms with E-state index in [1.165, 1.54) is 6.07 Å². The monoisotopic (exact) mass is 445 g/mol. The molecule has 168 valence electrons. The Bertz CT molecular complexity index is 871. The maximum atomic E-state index is 13.6. The van der Waals surface area contributed by atoms with E-state index in [4.69, 9.17) is 0 Å². The quantitative estimate of drug-likeness (QED) is 0.339. The highest BCUT2D eigenvalue weighted by Crippen LogP contribution is 2.16. The zero-order valence-corrected chi connectivity index (χ0v) is 19.4. The molecule has 0 radical (unpaired) electrons. The van der Waals surface area contributed by atoms with Crippen molar-refractivity contribution in [2.24, 2.45) is 4.99 Å². The summed E-state index contributed by atoms with van der Waals surface area (Å²) in [6.07, 6.45) is 2.01. The summed E-state index contributed by atoms with van der Waals surface area (Å²) in [6, 6.07) is 12.4. The largest absolute Gasteiger partial charge is 0.357 e. The van der Waals surface area contributed by atoms with Crippen molar-refractivity contribution in [1.29, 1.82) is 0 Å². The fourth-order valence-electron chi connectivity index (χ4n) is 2.87. The summed E-state index contributed by atoms with van der Waals surface area (Å²) in [5.74, 6) is 1.24. The Kier molecular flexibility index (Phi) is 10.2. The van der Waals surface area contributed by atoms with Gasteiger partial charge in [-0.2, -0.15) is 11.8 Å². The molecule has 2 amide bonds. The molecule has 0 saturated carbocycles. The predicted octanol–water partition coefficient (Wildman–Crippen LogP) is 4.47. The Labute approximate surface area is 188 Å². The molecule has 0 saturated heterocycles. The van der Waals surface area contributed by atoms with Crippen molar-refractivity contribution in [3.05, 3.63) is 65.0 Å². The minimum absolute atomic E-state index is 0.0808. The van der Waals surface area contributed by atoms with Crippen molar-refractivity contribution in [2.75, 3.05) is 18.1 Å². The predicted molar refractivity (Wildman–Crippen MR) is 129 cm³/mol. The zero-order chi connectivity index (χ0) is 22.6. The Hall–Kier alpha value is -2.74. The number of carbonyl (C=O) groups excluding carboxylic acids is 1. The second kappa shape index (κ2) is 12.8. The summed E-state index contributed by atoms with van der Waals surface area (Å²) in [5, 5.41) is 12.2. The van der Waals surface area contributed by atoms with Crippen molar-refractivity contribution in [2.45, 2.75) is 45.7 Å². The van der Waals surface area contributed by atoms with Crippen LogP contribution in [0.15, 0.2) is 47.5 Å². The molecular formula is C23H32FN5OS. The normalized spacial score (nSPS) is 11.4. The van der Waals surface area contributed by atoms with Gasteiger partial charge in [0.1, 0.15) is 5.82 Å². The lowest BCUT2D eigenvalue weighted by atomic mass is 10.1. The third kappa shape index (κ3) is 8.88. The van der Waals surface area contributed by atoms with Crippen LogP contribution in [0.5, 0.6) is 0 Å². The fourth-order valence-corrected chi connectivity index (χ4v) is 3.45. The smallest absolute Gasteiger partial charge is 0.319 e. The summed E-state index contributed by atoms with van der Waals surface area (Å²) in [5.41, 5.74) is 3.79. The van der Waals surface area contributed by atoms with Gasteiger partial charge in [-0.05, 0) is 68.0 Å². The number of halogens is 1. The van der Waals surface area contributed by atoms with Crippen LogP contribution in [0, 0.1) is 5.82 Å². The molecule has 2 rings (SSSR count). The molecule has 0 heterocycles. The molecule has 0 aliphatic carbocycles. The number of amides is 2. The first kappa shape index (κ1) is 24.5. The third-order valence-electron chi connectivity index (χ3n) is 4.31. The molecule has 2 aromatic rings. The van der Waals surface area contributed by atoms with Gasteiger partial charge in [-0.1, -0.05) is 18.2 Å². The van der Waals surface area contributed by atoms with Crippen LogP contribution >= 0.6 is 11.8 Å². The second-order valence-corrected chi connectivity index (χ2v) is 8.21. The van der Waals surface area contributed by atoms with Crippen LogP contribution in [0.4, 0.5) is 14.9 Å². The number of hydrogen-bond donors (Lipinski definition) is 4. The topological polar surface area (TPSA) is 77.5 Å². The molecule has 4 N–H and O–H groups in total. The van der Waals surface area contributed by atoms with Gasteiger partial charge < -0.3 is 21.3 Å². The molecule has 2 aromatic carbocycles. The third-order valence-corrected chi connectivity index (χ3v) is 4.91. The van der Waals surface area contributed by atoms with Crippen molar-refractivity contribution in [3.63, 3.8) is 0 Å². The van der Waals surface area contributed by atoms with Crippen LogP contribution in [-0.4, -0.2) is 30.8 Å². The van der Waals surface area contributed by atoms with Crippen molar-refractivity contribution < 1.29 is 9.18 Å².